The van der Waals surface area contributed by atoms with Gasteiger partial charge >= 0.3 is 71.2 Å². The molecule has 0 saturated carbocycles. The first-order valence-electron chi connectivity index (χ1n) is 2.40. The van der Waals surface area contributed by atoms with Crippen molar-refractivity contribution in [2.45, 2.75) is 0 Å². The molecule has 18 heavy (non-hydrogen) atoms. The molecule has 0 aliphatic heterocycles. The van der Waals surface area contributed by atoms with E-state index in [1.54, 1.807) is 0 Å². The standard InChI is InChI=1S/3CH2O3.2La.HNO3/c3*2-1(3)4;;;2-1(3)4/h3*(H2,2,3,4);;;(H,2,3,4)/q;;;2*+3;/p-6. The second kappa shape index (κ2) is 29.9. The molecule has 1 N–H and O–H groups in total. The van der Waals surface area contributed by atoms with Gasteiger partial charge in [-0.25, -0.2) is 0 Å². The molecule has 0 unspecified atom stereocenters. The molecule has 0 aliphatic rings. The molecule has 13 nitrogen and oxygen atoms in total. The molecule has 0 radical (unpaired) electrons. The van der Waals surface area contributed by atoms with Crippen molar-refractivity contribution < 1.29 is 127 Å². The summed E-state index contributed by atoms with van der Waals surface area (Å²) in [5.41, 5.74) is 0. The van der Waals surface area contributed by atoms with Gasteiger partial charge < -0.3 is 50.2 Å². The average molecular weight is 521 g/mol. The van der Waals surface area contributed by atoms with Crippen LogP contribution in [0, 0.1) is 81.3 Å². The normalized spacial score (nSPS) is 5.33. The van der Waals surface area contributed by atoms with Crippen molar-refractivity contribution in [3.05, 3.63) is 10.1 Å². The molecule has 0 bridgehead atoms. The Morgan fingerprint density at radius 2 is 0.722 bits per heavy atom. The summed E-state index contributed by atoms with van der Waals surface area (Å²) < 4.78 is 0. The molecule has 0 rings (SSSR count). The van der Waals surface area contributed by atoms with Crippen LogP contribution in [0.25, 0.3) is 0 Å². The van der Waals surface area contributed by atoms with E-state index in [0.29, 0.717) is 0 Å². The molecule has 15 heteroatoms. The summed E-state index contributed by atoms with van der Waals surface area (Å²) in [5.74, 6) is 0. The summed E-state index contributed by atoms with van der Waals surface area (Å²) in [6, 6.07) is 0. The third kappa shape index (κ3) is 8860. The minimum absolute atomic E-state index is 0. The van der Waals surface area contributed by atoms with Crippen molar-refractivity contribution in [2.24, 2.45) is 0 Å². The molecule has 0 aromatic rings. The van der Waals surface area contributed by atoms with E-state index in [2.05, 4.69) is 0 Å². The topological polar surface area (TPSA) is 253 Å². The Morgan fingerprint density at radius 1 is 0.722 bits per heavy atom. The zero-order chi connectivity index (χ0) is 14.3. The van der Waals surface area contributed by atoms with E-state index in [0.717, 1.165) is 0 Å². The first-order valence-corrected chi connectivity index (χ1v) is 2.40. The Bertz CT molecular complexity index is 165. The van der Waals surface area contributed by atoms with E-state index >= 15 is 0 Å². The van der Waals surface area contributed by atoms with Crippen LogP contribution in [0.3, 0.4) is 0 Å². The van der Waals surface area contributed by atoms with Gasteiger partial charge in [-0.1, -0.05) is 0 Å². The predicted molar refractivity (Wildman–Crippen MR) is 25.0 cm³/mol. The Labute approximate surface area is 153 Å². The SMILES string of the molecule is O=C([O-])[O-].O=C([O-])[O-].O=C([O-])[O-].O=[N+]([O-])O.[La+3].[La+3]. The van der Waals surface area contributed by atoms with Crippen LogP contribution in [-0.4, -0.2) is 28.8 Å². The fourth-order valence-corrected chi connectivity index (χ4v) is 0. The maximum absolute atomic E-state index is 8.36. The molecule has 0 fully saturated rings. The summed E-state index contributed by atoms with van der Waals surface area (Å²) in [4.78, 5) is 33.4. The van der Waals surface area contributed by atoms with Crippen molar-refractivity contribution in [3.8, 4) is 0 Å². The van der Waals surface area contributed by atoms with Gasteiger partial charge in [0.15, 0.2) is 0 Å². The van der Waals surface area contributed by atoms with E-state index in [-0.39, 0.29) is 71.2 Å². The summed E-state index contributed by atoms with van der Waals surface area (Å²) in [6.45, 7) is 0. The van der Waals surface area contributed by atoms with Gasteiger partial charge in [0.25, 0.3) is 5.09 Å². The van der Waals surface area contributed by atoms with Gasteiger partial charge in [0.05, 0.1) is 0 Å². The monoisotopic (exact) mass is 521 g/mol. The smallest absolute Gasteiger partial charge is 0.652 e. The number of hydrogen-bond acceptors (Lipinski definition) is 11. The second-order valence-corrected chi connectivity index (χ2v) is 0.988. The van der Waals surface area contributed by atoms with Crippen LogP contribution >= 0.6 is 0 Å². The van der Waals surface area contributed by atoms with Gasteiger partial charge in [0, 0.05) is 0 Å². The zero-order valence-corrected chi connectivity index (χ0v) is 15.3. The van der Waals surface area contributed by atoms with Gasteiger partial charge in [0.2, 0.25) is 0 Å². The fraction of sp³-hybridized carbons (Fsp3) is 0. The van der Waals surface area contributed by atoms with Crippen molar-refractivity contribution in [3.63, 3.8) is 0 Å². The number of rotatable bonds is 0. The Morgan fingerprint density at radius 3 is 0.722 bits per heavy atom. The van der Waals surface area contributed by atoms with Crippen molar-refractivity contribution in [1.82, 2.24) is 0 Å². The van der Waals surface area contributed by atoms with Gasteiger partial charge in [0.1, 0.15) is 0 Å². The maximum atomic E-state index is 8.36. The third-order valence-corrected chi connectivity index (χ3v) is 0. The Kier molecular flexibility index (Phi) is 59.9. The molecule has 0 aromatic carbocycles. The van der Waals surface area contributed by atoms with Crippen LogP contribution < -0.4 is 30.6 Å². The van der Waals surface area contributed by atoms with E-state index < -0.39 is 23.6 Å². The summed E-state index contributed by atoms with van der Waals surface area (Å²) in [6.07, 6.45) is -7.00. The number of carboxylic acid groups (broad SMARTS) is 6. The number of carbonyl (C=O) groups is 3. The molecule has 0 heterocycles. The molecule has 96 valence electrons. The van der Waals surface area contributed by atoms with Crippen LogP contribution in [-0.2, 0) is 0 Å². The van der Waals surface area contributed by atoms with E-state index in [1.165, 1.54) is 0 Å². The summed E-state index contributed by atoms with van der Waals surface area (Å²) in [7, 11) is 0. The fourth-order valence-electron chi connectivity index (χ4n) is 0. The van der Waals surface area contributed by atoms with E-state index in [4.69, 9.17) is 60.3 Å². The van der Waals surface area contributed by atoms with Crippen LogP contribution in [0.2, 0.25) is 0 Å². The van der Waals surface area contributed by atoms with Crippen LogP contribution in [0.4, 0.5) is 14.4 Å². The quantitative estimate of drug-likeness (QED) is 0.231. The number of nitrogens with zero attached hydrogens (tertiary/aromatic N) is 1. The van der Waals surface area contributed by atoms with E-state index in [1.807, 2.05) is 0 Å². The predicted octanol–water partition coefficient (Wildman–Crippen LogP) is -7.69. The summed E-state index contributed by atoms with van der Waals surface area (Å²) >= 11 is 0. The average Bonchev–Trinajstić information content (AvgIpc) is 1.76. The molecular formula is C3HLa2NO12. The summed E-state index contributed by atoms with van der Waals surface area (Å²) in [5, 5.41) is 63.6. The number of hydrogen-bond donors (Lipinski definition) is 1. The maximum Gasteiger partial charge on any atom is 3.00 e. The van der Waals surface area contributed by atoms with Crippen LogP contribution in [0.1, 0.15) is 0 Å². The second-order valence-electron chi connectivity index (χ2n) is 0.988. The first kappa shape index (κ1) is 36.0. The molecule has 0 spiro atoms. The van der Waals surface area contributed by atoms with E-state index in [9.17, 15) is 0 Å². The first-order chi connectivity index (χ1) is 6.93. The van der Waals surface area contributed by atoms with Crippen LogP contribution in [0.15, 0.2) is 0 Å². The van der Waals surface area contributed by atoms with Crippen molar-refractivity contribution >= 4 is 18.5 Å². The zero-order valence-electron chi connectivity index (χ0n) is 8.04. The minimum atomic E-state index is -2.33. The van der Waals surface area contributed by atoms with Crippen molar-refractivity contribution in [2.75, 3.05) is 0 Å². The minimum Gasteiger partial charge on any atom is -0.652 e. The molecule has 0 saturated heterocycles. The Hall–Kier alpha value is -0.600. The van der Waals surface area contributed by atoms with Crippen LogP contribution in [0.5, 0.6) is 0 Å². The van der Waals surface area contributed by atoms with Gasteiger partial charge in [-0.05, 0) is 18.5 Å². The molecule has 0 aromatic heterocycles. The van der Waals surface area contributed by atoms with Gasteiger partial charge in [-0.3, -0.25) is 0 Å². The third-order valence-electron chi connectivity index (χ3n) is 0. The largest absolute Gasteiger partial charge is 3.00 e. The molecule has 0 amide bonds. The molecular weight excluding hydrogens is 520 g/mol. The molecule has 0 atom stereocenters. The Balaban J connectivity index is -0.0000000257. The van der Waals surface area contributed by atoms with Gasteiger partial charge in [-0.2, -0.15) is 0 Å². The van der Waals surface area contributed by atoms with Gasteiger partial charge in [-0.15, -0.1) is 10.1 Å². The van der Waals surface area contributed by atoms with Crippen molar-refractivity contribution in [1.29, 1.82) is 0 Å². The number of carbonyl (C=O) groups excluding carboxylic acids is 3. The molecule has 0 aliphatic carbocycles.